The second-order valence-electron chi connectivity index (χ2n) is 8.39. The number of nitrogens with one attached hydrogen (secondary N) is 2. The van der Waals surface area contributed by atoms with Crippen LogP contribution in [0.1, 0.15) is 38.5 Å². The first kappa shape index (κ1) is 15.6. The average Bonchev–Trinajstić information content (AvgIpc) is 3.08. The summed E-state index contributed by atoms with van der Waals surface area (Å²) in [5, 5.41) is 23.5. The van der Waals surface area contributed by atoms with Crippen molar-refractivity contribution in [3.05, 3.63) is 18.2 Å². The van der Waals surface area contributed by atoms with Crippen LogP contribution in [0.3, 0.4) is 0 Å². The van der Waals surface area contributed by atoms with Gasteiger partial charge < -0.3 is 10.6 Å². The minimum atomic E-state index is 0.369. The number of aliphatic imine (C=N–C) groups is 1. The number of benzene rings is 1. The lowest BCUT2D eigenvalue weighted by Crippen LogP contribution is -2.51. The van der Waals surface area contributed by atoms with E-state index in [0.717, 1.165) is 30.0 Å². The highest BCUT2D eigenvalue weighted by Crippen LogP contribution is 2.59. The van der Waals surface area contributed by atoms with Crippen LogP contribution < -0.4 is 10.6 Å². The van der Waals surface area contributed by atoms with Crippen LogP contribution in [0.5, 0.6) is 0 Å². The van der Waals surface area contributed by atoms with Gasteiger partial charge in [-0.05, 0) is 84.1 Å². The van der Waals surface area contributed by atoms with Gasteiger partial charge in [-0.25, -0.2) is 4.63 Å². The number of guanidine groups is 1. The maximum absolute atomic E-state index is 9.08. The highest BCUT2D eigenvalue weighted by molar-refractivity contribution is 6.00. The third-order valence-corrected chi connectivity index (χ3v) is 6.50. The molecule has 6 rings (SSSR count). The van der Waals surface area contributed by atoms with E-state index in [1.165, 1.54) is 38.5 Å². The van der Waals surface area contributed by atoms with Gasteiger partial charge in [0.05, 0.1) is 5.69 Å². The molecule has 7 nitrogen and oxygen atoms in total. The monoisotopic (exact) mass is 350 g/mol. The first-order valence-electron chi connectivity index (χ1n) is 9.42. The number of rotatable bonds is 3. The number of hydrogen-bond acceptors (Lipinski definition) is 5. The lowest BCUT2D eigenvalue weighted by atomic mass is 9.49. The topological polar surface area (TPSA) is 99.1 Å². The van der Waals surface area contributed by atoms with E-state index in [1.807, 2.05) is 24.4 Å². The van der Waals surface area contributed by atoms with Crippen LogP contribution in [0.25, 0.3) is 11.0 Å². The van der Waals surface area contributed by atoms with Gasteiger partial charge in [-0.15, -0.1) is 4.99 Å². The van der Waals surface area contributed by atoms with Crippen molar-refractivity contribution in [1.82, 2.24) is 15.6 Å². The van der Waals surface area contributed by atoms with Crippen molar-refractivity contribution >= 4 is 22.7 Å². The molecule has 4 aliphatic carbocycles. The van der Waals surface area contributed by atoms with E-state index in [2.05, 4.69) is 25.9 Å². The first-order chi connectivity index (χ1) is 12.7. The summed E-state index contributed by atoms with van der Waals surface area (Å²) in [4.78, 5) is 3.95. The van der Waals surface area contributed by atoms with Crippen molar-refractivity contribution in [3.8, 4) is 6.19 Å². The molecule has 4 bridgehead atoms. The summed E-state index contributed by atoms with van der Waals surface area (Å²) in [5.74, 6) is 3.19. The normalized spacial score (nSPS) is 32.6. The van der Waals surface area contributed by atoms with Gasteiger partial charge in [0.25, 0.3) is 0 Å². The smallest absolute Gasteiger partial charge is 0.211 e. The van der Waals surface area contributed by atoms with Crippen LogP contribution in [0, 0.1) is 34.6 Å². The number of fused-ring (bicyclic) bond motifs is 1. The number of nitrogens with zero attached hydrogens (tertiary/aromatic N) is 4. The van der Waals surface area contributed by atoms with Crippen molar-refractivity contribution in [2.24, 2.45) is 28.2 Å². The molecular weight excluding hydrogens is 328 g/mol. The number of nitriles is 1. The molecule has 0 unspecified atom stereocenters. The summed E-state index contributed by atoms with van der Waals surface area (Å²) in [7, 11) is 0. The largest absolute Gasteiger partial charge is 0.355 e. The van der Waals surface area contributed by atoms with Crippen LogP contribution in [-0.2, 0) is 0 Å². The van der Waals surface area contributed by atoms with Crippen LogP contribution in [0.2, 0.25) is 0 Å². The Kier molecular flexibility index (Phi) is 3.59. The fourth-order valence-corrected chi connectivity index (χ4v) is 5.97. The molecule has 0 spiro atoms. The van der Waals surface area contributed by atoms with Gasteiger partial charge in [0, 0.05) is 6.54 Å². The average molecular weight is 350 g/mol. The van der Waals surface area contributed by atoms with Crippen molar-refractivity contribution in [2.45, 2.75) is 38.5 Å². The van der Waals surface area contributed by atoms with E-state index in [-0.39, 0.29) is 0 Å². The number of anilines is 1. The molecule has 0 saturated heterocycles. The molecule has 0 amide bonds. The Morgan fingerprint density at radius 1 is 1.19 bits per heavy atom. The third kappa shape index (κ3) is 2.70. The number of hydrogen-bond donors (Lipinski definition) is 2. The molecule has 2 aromatic rings. The van der Waals surface area contributed by atoms with Crippen molar-refractivity contribution in [3.63, 3.8) is 0 Å². The zero-order valence-electron chi connectivity index (χ0n) is 14.6. The maximum Gasteiger partial charge on any atom is 0.211 e. The second-order valence-corrected chi connectivity index (χ2v) is 8.39. The molecule has 1 aromatic carbocycles. The summed E-state index contributed by atoms with van der Waals surface area (Å²) in [6, 6.07) is 5.59. The molecule has 4 fully saturated rings. The summed E-state index contributed by atoms with van der Waals surface area (Å²) >= 11 is 0. The van der Waals surface area contributed by atoms with E-state index in [4.69, 9.17) is 9.89 Å². The Bertz CT molecular complexity index is 860. The van der Waals surface area contributed by atoms with Crippen molar-refractivity contribution in [1.29, 1.82) is 5.26 Å². The van der Waals surface area contributed by atoms with Crippen LogP contribution in [0.4, 0.5) is 5.69 Å². The molecule has 1 heterocycles. The van der Waals surface area contributed by atoms with E-state index in [9.17, 15) is 0 Å². The predicted octanol–water partition coefficient (Wildman–Crippen LogP) is 3.28. The quantitative estimate of drug-likeness (QED) is 0.501. The Morgan fingerprint density at radius 2 is 1.92 bits per heavy atom. The second kappa shape index (κ2) is 5.97. The van der Waals surface area contributed by atoms with E-state index >= 15 is 0 Å². The molecule has 0 radical (unpaired) electrons. The Labute approximate surface area is 151 Å². The highest BCUT2D eigenvalue weighted by Gasteiger charge is 2.50. The van der Waals surface area contributed by atoms with Gasteiger partial charge in [-0.2, -0.15) is 5.26 Å². The van der Waals surface area contributed by atoms with E-state index in [0.29, 0.717) is 22.4 Å². The zero-order valence-corrected chi connectivity index (χ0v) is 14.6. The molecule has 2 N–H and O–H groups in total. The number of aromatic nitrogens is 2. The fraction of sp³-hybridized carbons (Fsp3) is 0.579. The molecule has 0 atom stereocenters. The predicted molar refractivity (Wildman–Crippen MR) is 97.1 cm³/mol. The summed E-state index contributed by atoms with van der Waals surface area (Å²) in [6.07, 6.45) is 10.1. The Morgan fingerprint density at radius 3 is 2.62 bits per heavy atom. The van der Waals surface area contributed by atoms with E-state index < -0.39 is 0 Å². The molecule has 4 saturated carbocycles. The minimum absolute atomic E-state index is 0.369. The first-order valence-corrected chi connectivity index (χ1v) is 9.42. The van der Waals surface area contributed by atoms with Crippen LogP contribution in [0.15, 0.2) is 27.8 Å². The molecule has 0 aliphatic heterocycles. The fourth-order valence-electron chi connectivity index (χ4n) is 5.97. The zero-order chi connectivity index (χ0) is 17.6. The third-order valence-electron chi connectivity index (χ3n) is 6.50. The van der Waals surface area contributed by atoms with Gasteiger partial charge >= 0.3 is 0 Å². The summed E-state index contributed by atoms with van der Waals surface area (Å²) in [5.41, 5.74) is 2.41. The van der Waals surface area contributed by atoms with Gasteiger partial charge in [-0.1, -0.05) is 6.07 Å². The van der Waals surface area contributed by atoms with Gasteiger partial charge in [0.15, 0.2) is 5.52 Å². The maximum atomic E-state index is 9.08. The van der Waals surface area contributed by atoms with Crippen LogP contribution in [-0.4, -0.2) is 22.8 Å². The SMILES string of the molecule is N#C/N=C(\NCC12CC3CC(CC(C3)C1)C2)Nc1cccc2nonc12. The van der Waals surface area contributed by atoms with Crippen molar-refractivity contribution in [2.75, 3.05) is 11.9 Å². The molecule has 7 heteroatoms. The highest BCUT2D eigenvalue weighted by atomic mass is 16.6. The minimum Gasteiger partial charge on any atom is -0.355 e. The van der Waals surface area contributed by atoms with Crippen molar-refractivity contribution < 1.29 is 4.63 Å². The lowest BCUT2D eigenvalue weighted by molar-refractivity contribution is -0.0491. The van der Waals surface area contributed by atoms with E-state index in [1.54, 1.807) is 0 Å². The molecule has 134 valence electrons. The molecular formula is C19H22N6O. The van der Waals surface area contributed by atoms with Gasteiger partial charge in [0.2, 0.25) is 12.2 Å². The summed E-state index contributed by atoms with van der Waals surface area (Å²) < 4.78 is 4.81. The molecule has 4 aliphatic rings. The van der Waals surface area contributed by atoms with Gasteiger partial charge in [-0.3, -0.25) is 0 Å². The summed E-state index contributed by atoms with van der Waals surface area (Å²) in [6.45, 7) is 0.872. The molecule has 1 aromatic heterocycles. The standard InChI is InChI=1S/C19H22N6O/c20-11-22-18(23-15-2-1-3-16-17(15)25-26-24-16)21-10-19-7-12-4-13(8-19)6-14(5-12)9-19/h1-3,12-14H,4-10H2,(H2,21,22,23). The lowest BCUT2D eigenvalue weighted by Gasteiger charge is -2.57. The Balaban J connectivity index is 1.32. The molecule has 26 heavy (non-hydrogen) atoms. The van der Waals surface area contributed by atoms with Gasteiger partial charge in [0.1, 0.15) is 5.52 Å². The Hall–Kier alpha value is -2.62. The van der Waals surface area contributed by atoms with Crippen LogP contribution >= 0.6 is 0 Å².